The SMILES string of the molecule is COC1=CC(OC)C(C)C(Nc2ncc(C(=O)O)c(-c3c(C4CCCCC4)noc3C)n2)=C1. The van der Waals surface area contributed by atoms with Crippen LogP contribution in [0.5, 0.6) is 0 Å². The zero-order valence-corrected chi connectivity index (χ0v) is 19.4. The Bertz CT molecular complexity index is 1080. The highest BCUT2D eigenvalue weighted by molar-refractivity contribution is 5.95. The lowest BCUT2D eigenvalue weighted by Crippen LogP contribution is -2.27. The van der Waals surface area contributed by atoms with E-state index in [0.717, 1.165) is 37.1 Å². The van der Waals surface area contributed by atoms with Crippen molar-refractivity contribution in [2.24, 2.45) is 5.92 Å². The summed E-state index contributed by atoms with van der Waals surface area (Å²) in [6, 6.07) is 0. The van der Waals surface area contributed by atoms with Crippen LogP contribution >= 0.6 is 0 Å². The second kappa shape index (κ2) is 9.74. The lowest BCUT2D eigenvalue weighted by atomic mass is 9.84. The van der Waals surface area contributed by atoms with E-state index in [2.05, 4.69) is 20.4 Å². The zero-order valence-electron chi connectivity index (χ0n) is 19.4. The number of hydrogen-bond donors (Lipinski definition) is 2. The molecular formula is C24H30N4O5. The Kier molecular flexibility index (Phi) is 6.78. The van der Waals surface area contributed by atoms with Gasteiger partial charge in [-0.2, -0.15) is 0 Å². The van der Waals surface area contributed by atoms with Crippen LogP contribution in [0.2, 0.25) is 0 Å². The van der Waals surface area contributed by atoms with Gasteiger partial charge >= 0.3 is 5.97 Å². The molecule has 0 aromatic carbocycles. The Morgan fingerprint density at radius 2 is 2.00 bits per heavy atom. The molecule has 2 aromatic rings. The topological polar surface area (TPSA) is 120 Å². The molecule has 2 heterocycles. The van der Waals surface area contributed by atoms with Gasteiger partial charge in [0.05, 0.1) is 30.2 Å². The monoisotopic (exact) mass is 454 g/mol. The second-order valence-electron chi connectivity index (χ2n) is 8.58. The first-order chi connectivity index (χ1) is 15.9. The largest absolute Gasteiger partial charge is 0.497 e. The molecule has 2 aliphatic carbocycles. The summed E-state index contributed by atoms with van der Waals surface area (Å²) >= 11 is 0. The van der Waals surface area contributed by atoms with Gasteiger partial charge in [0.2, 0.25) is 5.95 Å². The van der Waals surface area contributed by atoms with Gasteiger partial charge in [-0.25, -0.2) is 14.8 Å². The summed E-state index contributed by atoms with van der Waals surface area (Å²) in [5, 5.41) is 17.4. The lowest BCUT2D eigenvalue weighted by Gasteiger charge is -2.27. The fourth-order valence-corrected chi connectivity index (χ4v) is 4.62. The summed E-state index contributed by atoms with van der Waals surface area (Å²) < 4.78 is 16.5. The molecule has 176 valence electrons. The van der Waals surface area contributed by atoms with Crippen LogP contribution in [0.3, 0.4) is 0 Å². The van der Waals surface area contributed by atoms with Gasteiger partial charge in [-0.1, -0.05) is 31.3 Å². The van der Waals surface area contributed by atoms with E-state index in [9.17, 15) is 9.90 Å². The van der Waals surface area contributed by atoms with E-state index in [4.69, 9.17) is 14.0 Å². The molecule has 0 saturated heterocycles. The molecular weight excluding hydrogens is 424 g/mol. The molecule has 4 rings (SSSR count). The minimum atomic E-state index is -1.10. The Balaban J connectivity index is 1.74. The number of methoxy groups -OCH3 is 2. The number of aryl methyl sites for hydroxylation is 1. The highest BCUT2D eigenvalue weighted by atomic mass is 16.5. The highest BCUT2D eigenvalue weighted by Gasteiger charge is 2.30. The normalized spacial score (nSPS) is 21.3. The van der Waals surface area contributed by atoms with Crippen LogP contribution in [0.1, 0.15) is 66.8 Å². The van der Waals surface area contributed by atoms with Crippen molar-refractivity contribution < 1.29 is 23.9 Å². The molecule has 9 heteroatoms. The average Bonchev–Trinajstić information content (AvgIpc) is 3.21. The number of carboxylic acids is 1. The fourth-order valence-electron chi connectivity index (χ4n) is 4.62. The van der Waals surface area contributed by atoms with Crippen molar-refractivity contribution in [1.29, 1.82) is 0 Å². The van der Waals surface area contributed by atoms with Crippen LogP contribution in [0, 0.1) is 12.8 Å². The zero-order chi connectivity index (χ0) is 23.5. The second-order valence-corrected chi connectivity index (χ2v) is 8.58. The number of nitrogens with zero attached hydrogens (tertiary/aromatic N) is 3. The molecule has 2 N–H and O–H groups in total. The number of carboxylic acid groups (broad SMARTS) is 1. The predicted octanol–water partition coefficient (Wildman–Crippen LogP) is 4.68. The Hall–Kier alpha value is -3.20. The Labute approximate surface area is 192 Å². The maximum atomic E-state index is 12.0. The third kappa shape index (κ3) is 4.64. The van der Waals surface area contributed by atoms with Gasteiger partial charge in [0, 0.05) is 30.8 Å². The molecule has 2 aliphatic rings. The smallest absolute Gasteiger partial charge is 0.339 e. The number of aromatic carboxylic acids is 1. The molecule has 9 nitrogen and oxygen atoms in total. The molecule has 0 bridgehead atoms. The summed E-state index contributed by atoms with van der Waals surface area (Å²) in [7, 11) is 3.24. The number of anilines is 1. The van der Waals surface area contributed by atoms with Gasteiger partial charge in [-0.05, 0) is 31.9 Å². The van der Waals surface area contributed by atoms with Crippen molar-refractivity contribution in [2.75, 3.05) is 19.5 Å². The quantitative estimate of drug-likeness (QED) is 0.614. The standard InChI is InChI=1S/C24H30N4O5/c1-13-18(10-16(31-3)11-19(13)32-4)26-24-25-12-17(23(29)30)22(27-24)20-14(2)33-28-21(20)15-8-6-5-7-9-15/h10-13,15,19H,5-9H2,1-4H3,(H,29,30)(H,25,26,27). The third-order valence-corrected chi connectivity index (χ3v) is 6.51. The van der Waals surface area contributed by atoms with Crippen LogP contribution in [-0.2, 0) is 9.47 Å². The van der Waals surface area contributed by atoms with Gasteiger partial charge in [0.15, 0.2) is 0 Å². The van der Waals surface area contributed by atoms with Crippen molar-refractivity contribution in [2.45, 2.75) is 58.0 Å². The van der Waals surface area contributed by atoms with Gasteiger partial charge in [-0.15, -0.1) is 0 Å². The Morgan fingerprint density at radius 1 is 1.24 bits per heavy atom. The van der Waals surface area contributed by atoms with Gasteiger partial charge in [0.1, 0.15) is 17.1 Å². The number of ether oxygens (including phenoxy) is 2. The van der Waals surface area contributed by atoms with E-state index in [1.165, 1.54) is 12.6 Å². The maximum Gasteiger partial charge on any atom is 0.339 e. The van der Waals surface area contributed by atoms with Crippen molar-refractivity contribution in [3.63, 3.8) is 0 Å². The molecule has 1 fully saturated rings. The molecule has 0 amide bonds. The first-order valence-corrected chi connectivity index (χ1v) is 11.3. The first-order valence-electron chi connectivity index (χ1n) is 11.3. The molecule has 2 atom stereocenters. The van der Waals surface area contributed by atoms with E-state index in [0.29, 0.717) is 22.8 Å². The summed E-state index contributed by atoms with van der Waals surface area (Å²) in [5.74, 6) is 0.639. The lowest BCUT2D eigenvalue weighted by molar-refractivity contribution is 0.0697. The third-order valence-electron chi connectivity index (χ3n) is 6.51. The predicted molar refractivity (Wildman–Crippen MR) is 122 cm³/mol. The summed E-state index contributed by atoms with van der Waals surface area (Å²) in [5.41, 5.74) is 2.58. The van der Waals surface area contributed by atoms with Crippen LogP contribution in [0.25, 0.3) is 11.3 Å². The van der Waals surface area contributed by atoms with Crippen molar-refractivity contribution >= 4 is 11.9 Å². The number of allylic oxidation sites excluding steroid dienone is 1. The van der Waals surface area contributed by atoms with Gasteiger partial charge in [-0.3, -0.25) is 0 Å². The number of aromatic nitrogens is 3. The molecule has 1 saturated carbocycles. The number of carbonyl (C=O) groups is 1. The van der Waals surface area contributed by atoms with Crippen LogP contribution in [-0.4, -0.2) is 46.5 Å². The minimum Gasteiger partial charge on any atom is -0.497 e. The number of nitrogens with one attached hydrogen (secondary N) is 1. The van der Waals surface area contributed by atoms with E-state index < -0.39 is 5.97 Å². The van der Waals surface area contributed by atoms with Crippen LogP contribution in [0.4, 0.5) is 5.95 Å². The summed E-state index contributed by atoms with van der Waals surface area (Å²) in [6.45, 7) is 3.81. The van der Waals surface area contributed by atoms with Gasteiger partial charge in [0.25, 0.3) is 0 Å². The molecule has 0 aliphatic heterocycles. The molecule has 33 heavy (non-hydrogen) atoms. The molecule has 2 unspecified atom stereocenters. The van der Waals surface area contributed by atoms with Crippen molar-refractivity contribution in [3.8, 4) is 11.3 Å². The molecule has 2 aromatic heterocycles. The molecule has 0 spiro atoms. The van der Waals surface area contributed by atoms with Crippen LogP contribution < -0.4 is 5.32 Å². The van der Waals surface area contributed by atoms with E-state index in [-0.39, 0.29) is 29.5 Å². The summed E-state index contributed by atoms with van der Waals surface area (Å²) in [6.07, 6.45) is 10.4. The highest BCUT2D eigenvalue weighted by Crippen LogP contribution is 2.40. The fraction of sp³-hybridized carbons (Fsp3) is 0.500. The van der Waals surface area contributed by atoms with Crippen molar-refractivity contribution in [3.05, 3.63) is 46.8 Å². The molecule has 0 radical (unpaired) electrons. The average molecular weight is 455 g/mol. The minimum absolute atomic E-state index is 0.00442. The van der Waals surface area contributed by atoms with Crippen LogP contribution in [0.15, 0.2) is 34.3 Å². The number of rotatable bonds is 7. The Morgan fingerprint density at radius 3 is 2.67 bits per heavy atom. The van der Waals surface area contributed by atoms with E-state index in [1.54, 1.807) is 21.1 Å². The summed E-state index contributed by atoms with van der Waals surface area (Å²) in [4.78, 5) is 20.9. The number of hydrogen-bond acceptors (Lipinski definition) is 8. The maximum absolute atomic E-state index is 12.0. The van der Waals surface area contributed by atoms with E-state index in [1.807, 2.05) is 19.1 Å². The van der Waals surface area contributed by atoms with Gasteiger partial charge < -0.3 is 24.4 Å². The van der Waals surface area contributed by atoms with E-state index >= 15 is 0 Å². The first kappa shape index (κ1) is 23.0. The van der Waals surface area contributed by atoms with Crippen molar-refractivity contribution in [1.82, 2.24) is 15.1 Å².